The number of amides is 2. The highest BCUT2D eigenvalue weighted by Crippen LogP contribution is 2.24. The molecule has 0 fully saturated rings. The van der Waals surface area contributed by atoms with E-state index in [4.69, 9.17) is 4.42 Å². The van der Waals surface area contributed by atoms with Crippen LogP contribution in [0, 0.1) is 6.92 Å². The molecule has 0 atom stereocenters. The lowest BCUT2D eigenvalue weighted by atomic mass is 9.99. The zero-order valence-corrected chi connectivity index (χ0v) is 20.4. The van der Waals surface area contributed by atoms with Gasteiger partial charge >= 0.3 is 0 Å². The number of anilines is 2. The van der Waals surface area contributed by atoms with Gasteiger partial charge in [0.1, 0.15) is 17.4 Å². The van der Waals surface area contributed by atoms with Gasteiger partial charge in [0.25, 0.3) is 11.8 Å². The van der Waals surface area contributed by atoms with Crippen molar-refractivity contribution < 1.29 is 18.8 Å². The minimum Gasteiger partial charge on any atom is -0.463 e. The summed E-state index contributed by atoms with van der Waals surface area (Å²) in [6, 6.07) is 27.0. The number of ketones is 1. The molecule has 1 aromatic heterocycles. The molecule has 0 saturated heterocycles. The van der Waals surface area contributed by atoms with Crippen molar-refractivity contribution in [2.24, 2.45) is 0 Å². The van der Waals surface area contributed by atoms with E-state index in [-0.39, 0.29) is 28.0 Å². The maximum Gasteiger partial charge on any atom is 0.262 e. The van der Waals surface area contributed by atoms with Gasteiger partial charge in [0.05, 0.1) is 22.3 Å². The van der Waals surface area contributed by atoms with Gasteiger partial charge < -0.3 is 15.1 Å². The van der Waals surface area contributed by atoms with Gasteiger partial charge in [-0.25, -0.2) is 0 Å². The van der Waals surface area contributed by atoms with Gasteiger partial charge in [-0.1, -0.05) is 66.2 Å². The van der Waals surface area contributed by atoms with Crippen molar-refractivity contribution in [3.8, 4) is 0 Å². The Hall–Kier alpha value is -5.30. The molecule has 2 N–H and O–H groups in total. The molecule has 0 bridgehead atoms. The predicted octanol–water partition coefficient (Wildman–Crippen LogP) is 5.84. The highest BCUT2D eigenvalue weighted by molar-refractivity contribution is 6.17. The summed E-state index contributed by atoms with van der Waals surface area (Å²) in [5, 5.41) is 5.73. The number of aryl methyl sites for hydroxylation is 1. The van der Waals surface area contributed by atoms with E-state index in [0.717, 1.165) is 11.8 Å². The predicted molar refractivity (Wildman–Crippen MR) is 146 cm³/mol. The summed E-state index contributed by atoms with van der Waals surface area (Å²) in [5.74, 6) is -1.47. The zero-order chi connectivity index (χ0) is 26.6. The third-order valence-corrected chi connectivity index (χ3v) is 6.05. The van der Waals surface area contributed by atoms with Crippen LogP contribution in [0.15, 0.2) is 113 Å². The van der Waals surface area contributed by atoms with Gasteiger partial charge in [-0.15, -0.1) is 0 Å². The Bertz CT molecular complexity index is 1760. The third kappa shape index (κ3) is 4.85. The second-order valence-corrected chi connectivity index (χ2v) is 8.67. The van der Waals surface area contributed by atoms with Crippen molar-refractivity contribution in [3.63, 3.8) is 0 Å². The molecular weight excluding hydrogens is 480 g/mol. The van der Waals surface area contributed by atoms with E-state index < -0.39 is 17.2 Å². The van der Waals surface area contributed by atoms with Gasteiger partial charge in [0, 0.05) is 11.1 Å². The molecule has 4 aromatic carbocycles. The first-order chi connectivity index (χ1) is 18.4. The monoisotopic (exact) mass is 502 g/mol. The first-order valence-corrected chi connectivity index (χ1v) is 11.8. The van der Waals surface area contributed by atoms with Crippen LogP contribution in [0.1, 0.15) is 42.2 Å². The summed E-state index contributed by atoms with van der Waals surface area (Å²) in [6.07, 6.45) is 1.11. The van der Waals surface area contributed by atoms with E-state index in [0.29, 0.717) is 22.4 Å². The number of hydrogen-bond acceptors (Lipinski definition) is 5. The number of benzene rings is 4. The first kappa shape index (κ1) is 24.4. The molecule has 7 nitrogen and oxygen atoms in total. The number of carbonyl (C=O) groups excluding carboxylic acids is 3. The van der Waals surface area contributed by atoms with Gasteiger partial charge in [-0.3, -0.25) is 19.2 Å². The van der Waals surface area contributed by atoms with Crippen LogP contribution in [0.2, 0.25) is 0 Å². The van der Waals surface area contributed by atoms with Crippen LogP contribution in [-0.2, 0) is 0 Å². The lowest BCUT2D eigenvalue weighted by molar-refractivity contribution is 0.102. The summed E-state index contributed by atoms with van der Waals surface area (Å²) >= 11 is 0. The molecule has 0 radical (unpaired) electrons. The maximum atomic E-state index is 13.3. The minimum absolute atomic E-state index is 0.157. The summed E-state index contributed by atoms with van der Waals surface area (Å²) in [6.45, 7) is 1.86. The summed E-state index contributed by atoms with van der Waals surface area (Å²) < 4.78 is 5.45. The van der Waals surface area contributed by atoms with Crippen LogP contribution in [-0.4, -0.2) is 17.6 Å². The Labute approximate surface area is 217 Å². The van der Waals surface area contributed by atoms with Crippen LogP contribution in [0.3, 0.4) is 0 Å². The van der Waals surface area contributed by atoms with Gasteiger partial charge in [0.15, 0.2) is 5.78 Å². The molecule has 1 heterocycles. The smallest absolute Gasteiger partial charge is 0.262 e. The average molecular weight is 503 g/mol. The van der Waals surface area contributed by atoms with Crippen LogP contribution in [0.25, 0.3) is 11.0 Å². The normalized spacial score (nSPS) is 10.7. The van der Waals surface area contributed by atoms with Gasteiger partial charge in [-0.2, -0.15) is 0 Å². The Kier molecular flexibility index (Phi) is 6.65. The molecule has 0 unspecified atom stereocenters. The average Bonchev–Trinajstić information content (AvgIpc) is 2.94. The van der Waals surface area contributed by atoms with E-state index in [1.54, 1.807) is 91.0 Å². The van der Waals surface area contributed by atoms with Crippen molar-refractivity contribution in [2.45, 2.75) is 6.92 Å². The zero-order valence-electron chi connectivity index (χ0n) is 20.4. The van der Waals surface area contributed by atoms with Crippen molar-refractivity contribution >= 4 is 39.9 Å². The fourth-order valence-electron chi connectivity index (χ4n) is 4.10. The molecule has 0 saturated carbocycles. The molecule has 0 aliphatic carbocycles. The summed E-state index contributed by atoms with van der Waals surface area (Å²) in [7, 11) is 0. The van der Waals surface area contributed by atoms with Crippen LogP contribution < -0.4 is 16.1 Å². The highest BCUT2D eigenvalue weighted by Gasteiger charge is 2.20. The number of fused-ring (bicyclic) bond motifs is 1. The number of para-hydroxylation sites is 2. The second-order valence-electron chi connectivity index (χ2n) is 8.67. The lowest BCUT2D eigenvalue weighted by Gasteiger charge is -2.14. The molecule has 0 aliphatic heterocycles. The standard InChI is InChI=1S/C31H22N2O5/c1-19-15-16-26(23(17-19)28(34)20-9-3-2-4-10-20)33-30(36)21-11-5-7-13-25(21)32-31(37)24-18-38-27-14-8-6-12-22(27)29(24)35/h2-18H,1H3,(H,32,37)(H,33,36). The SMILES string of the molecule is Cc1ccc(NC(=O)c2ccccc2NC(=O)c2coc3ccccc3c2=O)c(C(=O)c2ccccc2)c1. The van der Waals surface area contributed by atoms with Crippen LogP contribution in [0.4, 0.5) is 11.4 Å². The molecule has 186 valence electrons. The van der Waals surface area contributed by atoms with E-state index in [2.05, 4.69) is 10.6 Å². The Morgan fingerprint density at radius 1 is 0.658 bits per heavy atom. The van der Waals surface area contributed by atoms with Crippen molar-refractivity contribution in [1.82, 2.24) is 0 Å². The molecule has 5 aromatic rings. The Morgan fingerprint density at radius 2 is 1.29 bits per heavy atom. The fraction of sp³-hybridized carbons (Fsp3) is 0.0323. The lowest BCUT2D eigenvalue weighted by Crippen LogP contribution is -2.23. The second kappa shape index (κ2) is 10.4. The van der Waals surface area contributed by atoms with E-state index in [9.17, 15) is 19.2 Å². The quantitative estimate of drug-likeness (QED) is 0.284. The fourth-order valence-corrected chi connectivity index (χ4v) is 4.10. The topological polar surface area (TPSA) is 105 Å². The van der Waals surface area contributed by atoms with E-state index in [1.807, 2.05) is 13.0 Å². The van der Waals surface area contributed by atoms with Crippen LogP contribution in [0.5, 0.6) is 0 Å². The molecule has 38 heavy (non-hydrogen) atoms. The van der Waals surface area contributed by atoms with Gasteiger partial charge in [-0.05, 0) is 43.3 Å². The third-order valence-electron chi connectivity index (χ3n) is 6.05. The number of hydrogen-bond donors (Lipinski definition) is 2. The molecule has 0 aliphatic rings. The van der Waals surface area contributed by atoms with Crippen molar-refractivity contribution in [2.75, 3.05) is 10.6 Å². The number of carbonyl (C=O) groups is 3. The van der Waals surface area contributed by atoms with Crippen LogP contribution >= 0.6 is 0 Å². The molecule has 2 amide bonds. The largest absolute Gasteiger partial charge is 0.463 e. The highest BCUT2D eigenvalue weighted by atomic mass is 16.3. The first-order valence-electron chi connectivity index (χ1n) is 11.8. The molecule has 0 spiro atoms. The summed E-state index contributed by atoms with van der Waals surface area (Å²) in [5.41, 5.74) is 2.11. The van der Waals surface area contributed by atoms with Crippen molar-refractivity contribution in [3.05, 3.63) is 141 Å². The summed E-state index contributed by atoms with van der Waals surface area (Å²) in [4.78, 5) is 52.4. The Balaban J connectivity index is 1.43. The number of nitrogens with one attached hydrogen (secondary N) is 2. The molecular formula is C31H22N2O5. The molecule has 5 rings (SSSR count). The minimum atomic E-state index is -0.708. The Morgan fingerprint density at radius 3 is 2.08 bits per heavy atom. The number of rotatable bonds is 6. The van der Waals surface area contributed by atoms with E-state index >= 15 is 0 Å². The van der Waals surface area contributed by atoms with Crippen molar-refractivity contribution in [1.29, 1.82) is 0 Å². The van der Waals surface area contributed by atoms with Gasteiger partial charge in [0.2, 0.25) is 5.43 Å². The molecule has 7 heteroatoms. The van der Waals surface area contributed by atoms with E-state index in [1.165, 1.54) is 0 Å². The maximum absolute atomic E-state index is 13.3.